The van der Waals surface area contributed by atoms with Gasteiger partial charge in [-0.1, -0.05) is 12.1 Å². The van der Waals surface area contributed by atoms with E-state index in [-0.39, 0.29) is 0 Å². The van der Waals surface area contributed by atoms with Crippen LogP contribution in [0.15, 0.2) is 23.0 Å². The van der Waals surface area contributed by atoms with E-state index in [1.807, 2.05) is 0 Å². The van der Waals surface area contributed by atoms with Gasteiger partial charge in [-0.2, -0.15) is 4.57 Å². The third-order valence-electron chi connectivity index (χ3n) is 2.47. The van der Waals surface area contributed by atoms with Crippen LogP contribution in [-0.4, -0.2) is 20.3 Å². The Hall–Kier alpha value is -2.04. The van der Waals surface area contributed by atoms with Crippen LogP contribution in [0.3, 0.4) is 0 Å². The SMILES string of the molecule is Cc1cccc2c1n(C(=O)O)c(=O)n2C. The molecule has 1 aromatic carbocycles. The molecule has 2 rings (SSSR count). The molecule has 1 aromatic heterocycles. The molecule has 15 heavy (non-hydrogen) atoms. The van der Waals surface area contributed by atoms with Gasteiger partial charge in [0, 0.05) is 7.05 Å². The Morgan fingerprint density at radius 2 is 2.07 bits per heavy atom. The maximum atomic E-state index is 11.6. The molecular weight excluding hydrogens is 196 g/mol. The first-order chi connectivity index (χ1) is 7.04. The molecule has 5 nitrogen and oxygen atoms in total. The predicted octanol–water partition coefficient (Wildman–Crippen LogP) is 1.17. The highest BCUT2D eigenvalue weighted by Gasteiger charge is 2.16. The van der Waals surface area contributed by atoms with Crippen LogP contribution < -0.4 is 5.69 Å². The second kappa shape index (κ2) is 2.98. The number of imidazole rings is 1. The van der Waals surface area contributed by atoms with Gasteiger partial charge in [-0.05, 0) is 18.6 Å². The Balaban J connectivity index is 3.09. The molecule has 0 saturated carbocycles. The van der Waals surface area contributed by atoms with Gasteiger partial charge in [-0.3, -0.25) is 4.57 Å². The minimum Gasteiger partial charge on any atom is -0.464 e. The number of carboxylic acid groups (broad SMARTS) is 1. The summed E-state index contributed by atoms with van der Waals surface area (Å²) >= 11 is 0. The average Bonchev–Trinajstić information content (AvgIpc) is 2.43. The third-order valence-corrected chi connectivity index (χ3v) is 2.47. The Kier molecular flexibility index (Phi) is 1.89. The van der Waals surface area contributed by atoms with Crippen molar-refractivity contribution in [2.75, 3.05) is 0 Å². The average molecular weight is 206 g/mol. The van der Waals surface area contributed by atoms with Gasteiger partial charge in [-0.15, -0.1) is 0 Å². The van der Waals surface area contributed by atoms with Crippen molar-refractivity contribution in [3.05, 3.63) is 34.2 Å². The number of aromatic nitrogens is 2. The number of rotatable bonds is 0. The van der Waals surface area contributed by atoms with Crippen molar-refractivity contribution >= 4 is 17.1 Å². The molecule has 2 aromatic rings. The lowest BCUT2D eigenvalue weighted by molar-refractivity contribution is 0.196. The summed E-state index contributed by atoms with van der Waals surface area (Å²) in [4.78, 5) is 22.6. The van der Waals surface area contributed by atoms with Gasteiger partial charge in [-0.25, -0.2) is 9.59 Å². The highest BCUT2D eigenvalue weighted by molar-refractivity contribution is 5.88. The van der Waals surface area contributed by atoms with Crippen LogP contribution in [0.1, 0.15) is 5.56 Å². The molecule has 5 heteroatoms. The first-order valence-corrected chi connectivity index (χ1v) is 4.44. The third kappa shape index (κ3) is 1.16. The topological polar surface area (TPSA) is 64.2 Å². The van der Waals surface area contributed by atoms with Gasteiger partial charge in [0.1, 0.15) is 0 Å². The van der Waals surface area contributed by atoms with Crippen LogP contribution in [0, 0.1) is 6.92 Å². The fraction of sp³-hybridized carbons (Fsp3) is 0.200. The first-order valence-electron chi connectivity index (χ1n) is 4.44. The van der Waals surface area contributed by atoms with Crippen LogP contribution in [0.25, 0.3) is 11.0 Å². The molecule has 0 amide bonds. The Morgan fingerprint density at radius 3 is 2.67 bits per heavy atom. The largest absolute Gasteiger partial charge is 0.464 e. The van der Waals surface area contributed by atoms with Crippen LogP contribution in [0.5, 0.6) is 0 Å². The monoisotopic (exact) mass is 206 g/mol. The summed E-state index contributed by atoms with van der Waals surface area (Å²) in [6.45, 7) is 1.78. The minimum atomic E-state index is -1.25. The van der Waals surface area contributed by atoms with E-state index in [0.29, 0.717) is 11.0 Å². The number of carbonyl (C=O) groups is 1. The number of nitrogens with zero attached hydrogens (tertiary/aromatic N) is 2. The highest BCUT2D eigenvalue weighted by Crippen LogP contribution is 2.16. The maximum Gasteiger partial charge on any atom is 0.420 e. The fourth-order valence-electron chi connectivity index (χ4n) is 1.73. The van der Waals surface area contributed by atoms with Crippen molar-refractivity contribution in [2.45, 2.75) is 6.92 Å². The van der Waals surface area contributed by atoms with Crippen molar-refractivity contribution < 1.29 is 9.90 Å². The highest BCUT2D eigenvalue weighted by atomic mass is 16.4. The molecular formula is C10H10N2O3. The Morgan fingerprint density at radius 1 is 1.40 bits per heavy atom. The number of aryl methyl sites for hydroxylation is 2. The number of benzene rings is 1. The lowest BCUT2D eigenvalue weighted by Crippen LogP contribution is -2.26. The van der Waals surface area contributed by atoms with Crippen LogP contribution in [0.2, 0.25) is 0 Å². The van der Waals surface area contributed by atoms with Crippen molar-refractivity contribution in [2.24, 2.45) is 7.05 Å². The summed E-state index contributed by atoms with van der Waals surface area (Å²) in [7, 11) is 1.56. The van der Waals surface area contributed by atoms with Crippen LogP contribution in [-0.2, 0) is 7.05 Å². The van der Waals surface area contributed by atoms with Gasteiger partial charge < -0.3 is 5.11 Å². The van der Waals surface area contributed by atoms with E-state index in [0.717, 1.165) is 10.1 Å². The molecule has 0 atom stereocenters. The van der Waals surface area contributed by atoms with Crippen molar-refractivity contribution in [3.8, 4) is 0 Å². The molecule has 0 aliphatic heterocycles. The molecule has 0 fully saturated rings. The molecule has 0 aliphatic rings. The van der Waals surface area contributed by atoms with E-state index in [4.69, 9.17) is 5.11 Å². The number of para-hydroxylation sites is 1. The maximum absolute atomic E-state index is 11.6. The zero-order valence-corrected chi connectivity index (χ0v) is 8.39. The molecule has 0 saturated heterocycles. The van der Waals surface area contributed by atoms with Gasteiger partial charge in [0.2, 0.25) is 0 Å². The number of fused-ring (bicyclic) bond motifs is 1. The molecule has 0 aliphatic carbocycles. The zero-order chi connectivity index (χ0) is 11.2. The number of hydrogen-bond acceptors (Lipinski definition) is 2. The zero-order valence-electron chi connectivity index (χ0n) is 8.39. The van der Waals surface area contributed by atoms with E-state index in [9.17, 15) is 9.59 Å². The molecule has 0 bridgehead atoms. The molecule has 0 unspecified atom stereocenters. The van der Waals surface area contributed by atoms with Gasteiger partial charge >= 0.3 is 11.8 Å². The Bertz CT molecular complexity index is 607. The summed E-state index contributed by atoms with van der Waals surface area (Å²) in [6, 6.07) is 5.30. The molecule has 1 heterocycles. The lowest BCUT2D eigenvalue weighted by Gasteiger charge is -1.98. The normalized spacial score (nSPS) is 10.8. The van der Waals surface area contributed by atoms with Gasteiger partial charge in [0.15, 0.2) is 0 Å². The van der Waals surface area contributed by atoms with E-state index >= 15 is 0 Å². The molecule has 1 N–H and O–H groups in total. The lowest BCUT2D eigenvalue weighted by atomic mass is 10.2. The standard InChI is InChI=1S/C10H10N2O3/c1-6-4-3-5-7-8(6)12(10(14)15)9(13)11(7)2/h3-5H,1-2H3,(H,14,15). The second-order valence-corrected chi connectivity index (χ2v) is 3.40. The second-order valence-electron chi connectivity index (χ2n) is 3.40. The predicted molar refractivity (Wildman–Crippen MR) is 55.3 cm³/mol. The summed E-state index contributed by atoms with van der Waals surface area (Å²) in [5.41, 5.74) is 1.32. The van der Waals surface area contributed by atoms with Gasteiger partial charge in [0.25, 0.3) is 0 Å². The minimum absolute atomic E-state index is 0.456. The van der Waals surface area contributed by atoms with E-state index in [1.54, 1.807) is 32.2 Å². The summed E-state index contributed by atoms with van der Waals surface area (Å²) in [5.74, 6) is 0. The van der Waals surface area contributed by atoms with E-state index in [2.05, 4.69) is 0 Å². The van der Waals surface area contributed by atoms with Crippen molar-refractivity contribution in [1.82, 2.24) is 9.13 Å². The Labute approximate surface area is 85.2 Å². The fourth-order valence-corrected chi connectivity index (χ4v) is 1.73. The summed E-state index contributed by atoms with van der Waals surface area (Å²) in [5, 5.41) is 8.95. The summed E-state index contributed by atoms with van der Waals surface area (Å²) < 4.78 is 2.10. The first kappa shape index (κ1) is 9.51. The van der Waals surface area contributed by atoms with E-state index < -0.39 is 11.8 Å². The van der Waals surface area contributed by atoms with Crippen molar-refractivity contribution in [1.29, 1.82) is 0 Å². The van der Waals surface area contributed by atoms with Crippen LogP contribution in [0.4, 0.5) is 4.79 Å². The van der Waals surface area contributed by atoms with Crippen LogP contribution >= 0.6 is 0 Å². The van der Waals surface area contributed by atoms with E-state index in [1.165, 1.54) is 4.57 Å². The van der Waals surface area contributed by atoms with Gasteiger partial charge in [0.05, 0.1) is 11.0 Å². The molecule has 78 valence electrons. The smallest absolute Gasteiger partial charge is 0.420 e. The molecule has 0 radical (unpaired) electrons. The summed E-state index contributed by atoms with van der Waals surface area (Å²) in [6.07, 6.45) is -1.25. The quantitative estimate of drug-likeness (QED) is 0.703. The number of hydrogen-bond donors (Lipinski definition) is 1. The molecule has 0 spiro atoms. The van der Waals surface area contributed by atoms with Crippen molar-refractivity contribution in [3.63, 3.8) is 0 Å².